The second kappa shape index (κ2) is 6.46. The molecule has 5 nitrogen and oxygen atoms in total. The van der Waals surface area contributed by atoms with Gasteiger partial charge in [-0.2, -0.15) is 0 Å². The second-order valence-electron chi connectivity index (χ2n) is 5.19. The summed E-state index contributed by atoms with van der Waals surface area (Å²) in [5.74, 6) is 0.783. The minimum Gasteiger partial charge on any atom is -0.497 e. The summed E-state index contributed by atoms with van der Waals surface area (Å²) in [6.07, 6.45) is 0. The monoisotopic (exact) mass is 318 g/mol. The minimum absolute atomic E-state index is 0.0215. The summed E-state index contributed by atoms with van der Waals surface area (Å²) in [6.45, 7) is 3.79. The molecule has 0 spiro atoms. The first kappa shape index (κ1) is 15.0. The van der Waals surface area contributed by atoms with Crippen LogP contribution in [-0.2, 0) is 4.74 Å². The zero-order valence-electron chi connectivity index (χ0n) is 12.6. The molecule has 116 valence electrons. The Bertz CT molecular complexity index is 654. The fourth-order valence-corrected chi connectivity index (χ4v) is 3.21. The molecule has 1 aliphatic rings. The molecule has 0 unspecified atom stereocenters. The number of hydrogen-bond donors (Lipinski definition) is 0. The van der Waals surface area contributed by atoms with Gasteiger partial charge in [0.2, 0.25) is 0 Å². The molecule has 2 heterocycles. The average molecular weight is 318 g/mol. The van der Waals surface area contributed by atoms with E-state index in [0.29, 0.717) is 25.5 Å². The van der Waals surface area contributed by atoms with Crippen molar-refractivity contribution in [3.63, 3.8) is 0 Å². The Kier molecular flexibility index (Phi) is 4.40. The summed E-state index contributed by atoms with van der Waals surface area (Å²) >= 11 is 1.48. The first-order chi connectivity index (χ1) is 10.7. The summed E-state index contributed by atoms with van der Waals surface area (Å²) in [5, 5.41) is 2.66. The van der Waals surface area contributed by atoms with Gasteiger partial charge in [-0.1, -0.05) is 0 Å². The Balaban J connectivity index is 1.79. The van der Waals surface area contributed by atoms with Crippen LogP contribution in [0, 0.1) is 0 Å². The molecule has 1 atom stereocenters. The van der Waals surface area contributed by atoms with E-state index in [1.807, 2.05) is 41.5 Å². The number of methoxy groups -OCH3 is 1. The topological polar surface area (TPSA) is 51.7 Å². The molecule has 1 saturated heterocycles. The van der Waals surface area contributed by atoms with Gasteiger partial charge in [0.1, 0.15) is 16.5 Å². The maximum absolute atomic E-state index is 12.5. The molecule has 2 aromatic rings. The van der Waals surface area contributed by atoms with E-state index >= 15 is 0 Å². The Morgan fingerprint density at radius 2 is 2.18 bits per heavy atom. The third-order valence-electron chi connectivity index (χ3n) is 3.69. The minimum atomic E-state index is -0.0215. The number of carbonyl (C=O) groups excluding carboxylic acids is 1. The van der Waals surface area contributed by atoms with Gasteiger partial charge in [0.25, 0.3) is 5.91 Å². The van der Waals surface area contributed by atoms with Crippen LogP contribution >= 0.6 is 11.3 Å². The van der Waals surface area contributed by atoms with Gasteiger partial charge in [-0.05, 0) is 31.2 Å². The number of hydrogen-bond acceptors (Lipinski definition) is 5. The standard InChI is InChI=1S/C16H18N2O3S/c1-11-9-21-8-7-18(11)16(19)14-10-22-15(17-14)12-3-5-13(20-2)6-4-12/h3-6,10-11H,7-9H2,1-2H3/t11-/m1/s1. The van der Waals surface area contributed by atoms with Crippen molar-refractivity contribution >= 4 is 17.2 Å². The van der Waals surface area contributed by atoms with Gasteiger partial charge in [0, 0.05) is 17.5 Å². The molecule has 22 heavy (non-hydrogen) atoms. The lowest BCUT2D eigenvalue weighted by Crippen LogP contribution is -2.47. The lowest BCUT2D eigenvalue weighted by molar-refractivity contribution is 0.00332. The van der Waals surface area contributed by atoms with Crippen LogP contribution in [0.1, 0.15) is 17.4 Å². The number of thiazole rings is 1. The molecular formula is C16H18N2O3S. The molecule has 1 aromatic carbocycles. The second-order valence-corrected chi connectivity index (χ2v) is 6.05. The number of benzene rings is 1. The predicted molar refractivity (Wildman–Crippen MR) is 85.4 cm³/mol. The van der Waals surface area contributed by atoms with Gasteiger partial charge in [-0.15, -0.1) is 11.3 Å². The number of carbonyl (C=O) groups is 1. The lowest BCUT2D eigenvalue weighted by Gasteiger charge is -2.32. The number of morpholine rings is 1. The van der Waals surface area contributed by atoms with Crippen LogP contribution in [-0.4, -0.2) is 48.7 Å². The third kappa shape index (κ3) is 2.98. The Labute approximate surface area is 133 Å². The van der Waals surface area contributed by atoms with Crippen molar-refractivity contribution in [1.29, 1.82) is 0 Å². The summed E-state index contributed by atoms with van der Waals surface area (Å²) in [4.78, 5) is 18.9. The van der Waals surface area contributed by atoms with E-state index in [4.69, 9.17) is 9.47 Å². The van der Waals surface area contributed by atoms with Gasteiger partial charge in [0.05, 0.1) is 26.4 Å². The van der Waals surface area contributed by atoms with E-state index < -0.39 is 0 Å². The fraction of sp³-hybridized carbons (Fsp3) is 0.375. The highest BCUT2D eigenvalue weighted by Crippen LogP contribution is 2.26. The molecule has 0 radical (unpaired) electrons. The Morgan fingerprint density at radius 1 is 1.41 bits per heavy atom. The van der Waals surface area contributed by atoms with Gasteiger partial charge in [0.15, 0.2) is 0 Å². The number of ether oxygens (including phenoxy) is 2. The summed E-state index contributed by atoms with van der Waals surface area (Å²) < 4.78 is 10.5. The van der Waals surface area contributed by atoms with Crippen LogP contribution in [0.2, 0.25) is 0 Å². The first-order valence-corrected chi connectivity index (χ1v) is 8.05. The molecule has 0 aliphatic carbocycles. The molecular weight excluding hydrogens is 300 g/mol. The van der Waals surface area contributed by atoms with Crippen LogP contribution in [0.4, 0.5) is 0 Å². The van der Waals surface area contributed by atoms with Crippen LogP contribution in [0.25, 0.3) is 10.6 Å². The number of rotatable bonds is 3. The molecule has 6 heteroatoms. The van der Waals surface area contributed by atoms with Crippen molar-refractivity contribution in [1.82, 2.24) is 9.88 Å². The lowest BCUT2D eigenvalue weighted by atomic mass is 10.2. The highest BCUT2D eigenvalue weighted by atomic mass is 32.1. The molecule has 0 saturated carbocycles. The predicted octanol–water partition coefficient (Wildman–Crippen LogP) is 2.68. The zero-order chi connectivity index (χ0) is 15.5. The van der Waals surface area contributed by atoms with Crippen molar-refractivity contribution < 1.29 is 14.3 Å². The number of nitrogens with zero attached hydrogens (tertiary/aromatic N) is 2. The van der Waals surface area contributed by atoms with Crippen molar-refractivity contribution in [2.45, 2.75) is 13.0 Å². The SMILES string of the molecule is COc1ccc(-c2nc(C(=O)N3CCOC[C@H]3C)cs2)cc1. The van der Waals surface area contributed by atoms with Gasteiger partial charge in [-0.3, -0.25) is 4.79 Å². The van der Waals surface area contributed by atoms with Crippen molar-refractivity contribution in [2.75, 3.05) is 26.9 Å². The van der Waals surface area contributed by atoms with E-state index in [1.54, 1.807) is 7.11 Å². The highest BCUT2D eigenvalue weighted by Gasteiger charge is 2.26. The molecule has 0 N–H and O–H groups in total. The zero-order valence-corrected chi connectivity index (χ0v) is 13.4. The number of amides is 1. The smallest absolute Gasteiger partial charge is 0.273 e. The van der Waals surface area contributed by atoms with E-state index in [9.17, 15) is 4.79 Å². The maximum Gasteiger partial charge on any atom is 0.273 e. The average Bonchev–Trinajstić information content (AvgIpc) is 3.05. The normalized spacial score (nSPS) is 18.3. The fourth-order valence-electron chi connectivity index (χ4n) is 2.41. The van der Waals surface area contributed by atoms with E-state index in [2.05, 4.69) is 4.98 Å². The summed E-state index contributed by atoms with van der Waals surface area (Å²) in [7, 11) is 1.64. The molecule has 1 aromatic heterocycles. The molecule has 1 aliphatic heterocycles. The Hall–Kier alpha value is -1.92. The largest absolute Gasteiger partial charge is 0.497 e. The molecule has 0 bridgehead atoms. The maximum atomic E-state index is 12.5. The Morgan fingerprint density at radius 3 is 2.86 bits per heavy atom. The third-order valence-corrected chi connectivity index (χ3v) is 4.58. The van der Waals surface area contributed by atoms with Crippen LogP contribution < -0.4 is 4.74 Å². The number of aromatic nitrogens is 1. The van der Waals surface area contributed by atoms with Crippen molar-refractivity contribution in [3.05, 3.63) is 35.3 Å². The van der Waals surface area contributed by atoms with Crippen molar-refractivity contribution in [3.8, 4) is 16.3 Å². The highest BCUT2D eigenvalue weighted by molar-refractivity contribution is 7.13. The summed E-state index contributed by atoms with van der Waals surface area (Å²) in [6, 6.07) is 7.77. The van der Waals surface area contributed by atoms with Gasteiger partial charge < -0.3 is 14.4 Å². The molecule has 1 fully saturated rings. The van der Waals surface area contributed by atoms with E-state index in [1.165, 1.54) is 11.3 Å². The van der Waals surface area contributed by atoms with E-state index in [0.717, 1.165) is 16.3 Å². The van der Waals surface area contributed by atoms with Crippen molar-refractivity contribution in [2.24, 2.45) is 0 Å². The molecule has 1 amide bonds. The van der Waals surface area contributed by atoms with Crippen LogP contribution in [0.5, 0.6) is 5.75 Å². The van der Waals surface area contributed by atoms with Gasteiger partial charge >= 0.3 is 0 Å². The first-order valence-electron chi connectivity index (χ1n) is 7.17. The van der Waals surface area contributed by atoms with E-state index in [-0.39, 0.29) is 11.9 Å². The molecule has 3 rings (SSSR count). The summed E-state index contributed by atoms with van der Waals surface area (Å²) in [5.41, 5.74) is 1.49. The quantitative estimate of drug-likeness (QED) is 0.873. The van der Waals surface area contributed by atoms with Crippen LogP contribution in [0.3, 0.4) is 0 Å². The van der Waals surface area contributed by atoms with Crippen LogP contribution in [0.15, 0.2) is 29.6 Å². The van der Waals surface area contributed by atoms with Gasteiger partial charge in [-0.25, -0.2) is 4.98 Å².